The summed E-state index contributed by atoms with van der Waals surface area (Å²) in [4.78, 5) is 6.22. The molecule has 9 heteroatoms. The van der Waals surface area contributed by atoms with E-state index >= 15 is 0 Å². The molecule has 4 rings (SSSR count). The molecular formula is C22H23F3N4O2. The van der Waals surface area contributed by atoms with Gasteiger partial charge >= 0.3 is 6.36 Å². The van der Waals surface area contributed by atoms with Crippen LogP contribution in [0.15, 0.2) is 54.9 Å². The third kappa shape index (κ3) is 3.90. The number of aliphatic hydroxyl groups is 1. The molecule has 6 nitrogen and oxygen atoms in total. The van der Waals surface area contributed by atoms with E-state index in [2.05, 4.69) is 19.7 Å². The quantitative estimate of drug-likeness (QED) is 0.667. The molecule has 1 atom stereocenters. The number of likely N-dealkylation sites (tertiary alicyclic amines) is 1. The highest BCUT2D eigenvalue weighted by Crippen LogP contribution is 2.50. The molecule has 1 saturated heterocycles. The Kier molecular flexibility index (Phi) is 5.06. The molecule has 0 bridgehead atoms. The second kappa shape index (κ2) is 7.35. The molecule has 0 saturated carbocycles. The first-order valence-electron chi connectivity index (χ1n) is 9.77. The predicted molar refractivity (Wildman–Crippen MR) is 108 cm³/mol. The maximum Gasteiger partial charge on any atom is 0.573 e. The van der Waals surface area contributed by atoms with E-state index in [1.807, 2.05) is 38.2 Å². The van der Waals surface area contributed by atoms with Gasteiger partial charge in [-0.05, 0) is 49.4 Å². The molecule has 1 fully saturated rings. The lowest BCUT2D eigenvalue weighted by molar-refractivity contribution is -0.274. The van der Waals surface area contributed by atoms with Gasteiger partial charge in [-0.2, -0.15) is 5.10 Å². The number of aryl methyl sites for hydroxylation is 1. The Balaban J connectivity index is 1.78. The zero-order valence-electron chi connectivity index (χ0n) is 17.4. The fourth-order valence-corrected chi connectivity index (χ4v) is 4.48. The molecule has 2 aromatic carbocycles. The van der Waals surface area contributed by atoms with E-state index in [0.29, 0.717) is 30.0 Å². The lowest BCUT2D eigenvalue weighted by atomic mass is 9.62. The summed E-state index contributed by atoms with van der Waals surface area (Å²) in [7, 11) is 1.96. The van der Waals surface area contributed by atoms with Gasteiger partial charge in [-0.3, -0.25) is 0 Å². The number of hydrogen-bond donors (Lipinski definition) is 1. The number of ether oxygens (including phenoxy) is 1. The van der Waals surface area contributed by atoms with E-state index in [1.54, 1.807) is 17.9 Å². The summed E-state index contributed by atoms with van der Waals surface area (Å²) < 4.78 is 43.3. The van der Waals surface area contributed by atoms with Crippen LogP contribution in [-0.4, -0.2) is 51.3 Å². The molecule has 0 amide bonds. The maximum absolute atomic E-state index is 12.6. The summed E-state index contributed by atoms with van der Waals surface area (Å²) in [6.07, 6.45) is -3.18. The number of aromatic nitrogens is 3. The van der Waals surface area contributed by atoms with Gasteiger partial charge in [0, 0.05) is 18.5 Å². The highest BCUT2D eigenvalue weighted by molar-refractivity contribution is 5.46. The number of halogens is 3. The fraction of sp³-hybridized carbons (Fsp3) is 0.364. The average Bonchev–Trinajstić information content (AvgIpc) is 3.12. The van der Waals surface area contributed by atoms with Gasteiger partial charge in [-0.25, -0.2) is 9.67 Å². The molecule has 2 heterocycles. The lowest BCUT2D eigenvalue weighted by Crippen LogP contribution is -2.63. The van der Waals surface area contributed by atoms with E-state index in [4.69, 9.17) is 0 Å². The smallest absolute Gasteiger partial charge is 0.406 e. The van der Waals surface area contributed by atoms with Crippen LogP contribution < -0.4 is 4.74 Å². The van der Waals surface area contributed by atoms with Crippen molar-refractivity contribution in [2.45, 2.75) is 25.8 Å². The van der Waals surface area contributed by atoms with Crippen LogP contribution in [0.5, 0.6) is 5.75 Å². The van der Waals surface area contributed by atoms with Gasteiger partial charge in [0.15, 0.2) is 0 Å². The lowest BCUT2D eigenvalue weighted by Gasteiger charge is -2.56. The molecule has 3 aromatic rings. The van der Waals surface area contributed by atoms with E-state index in [1.165, 1.54) is 24.3 Å². The van der Waals surface area contributed by atoms with E-state index in [-0.39, 0.29) is 5.75 Å². The van der Waals surface area contributed by atoms with Crippen LogP contribution in [0.1, 0.15) is 23.9 Å². The largest absolute Gasteiger partial charge is 0.573 e. The van der Waals surface area contributed by atoms with Gasteiger partial charge in [0.2, 0.25) is 0 Å². The monoisotopic (exact) mass is 432 g/mol. The van der Waals surface area contributed by atoms with Crippen LogP contribution >= 0.6 is 0 Å². The van der Waals surface area contributed by atoms with Crippen molar-refractivity contribution in [1.82, 2.24) is 19.7 Å². The minimum absolute atomic E-state index is 0.332. The highest BCUT2D eigenvalue weighted by Gasteiger charge is 2.55. The van der Waals surface area contributed by atoms with Crippen molar-refractivity contribution in [2.24, 2.45) is 5.41 Å². The molecule has 1 unspecified atom stereocenters. The first-order chi connectivity index (χ1) is 14.5. The van der Waals surface area contributed by atoms with E-state index < -0.39 is 17.4 Å². The summed E-state index contributed by atoms with van der Waals surface area (Å²) >= 11 is 0. The summed E-state index contributed by atoms with van der Waals surface area (Å²) in [6, 6.07) is 12.7. The Hall–Kier alpha value is -2.91. The maximum atomic E-state index is 12.6. The standard InChI is InChI=1S/C22H23F3N4O2/c1-15-26-14-29(27-15)18-6-4-5-17(11-18)21(30,20(2)12-28(3)13-20)16-7-9-19(10-8-16)31-22(23,24)25/h4-11,14,30H,12-13H2,1-3H3. The van der Waals surface area contributed by atoms with Crippen molar-refractivity contribution >= 4 is 0 Å². The van der Waals surface area contributed by atoms with Gasteiger partial charge in [0.1, 0.15) is 23.5 Å². The zero-order chi connectivity index (χ0) is 22.4. The van der Waals surface area contributed by atoms with Crippen LogP contribution in [0, 0.1) is 12.3 Å². The van der Waals surface area contributed by atoms with Gasteiger partial charge < -0.3 is 14.7 Å². The van der Waals surface area contributed by atoms with Crippen molar-refractivity contribution in [3.05, 3.63) is 71.8 Å². The topological polar surface area (TPSA) is 63.4 Å². The number of rotatable bonds is 5. The van der Waals surface area contributed by atoms with Crippen molar-refractivity contribution in [3.8, 4) is 11.4 Å². The summed E-state index contributed by atoms with van der Waals surface area (Å²) in [5.74, 6) is 0.287. The molecule has 0 spiro atoms. The third-order valence-electron chi connectivity index (χ3n) is 5.75. The SMILES string of the molecule is Cc1ncn(-c2cccc(C(O)(c3ccc(OC(F)(F)F)cc3)C3(C)CN(C)C3)c2)n1. The Labute approximate surface area is 177 Å². The number of nitrogens with zero attached hydrogens (tertiary/aromatic N) is 4. The average molecular weight is 432 g/mol. The Morgan fingerprint density at radius 1 is 1.06 bits per heavy atom. The summed E-state index contributed by atoms with van der Waals surface area (Å²) in [6.45, 7) is 5.00. The minimum Gasteiger partial charge on any atom is -0.406 e. The first kappa shape index (κ1) is 21.3. The van der Waals surface area contributed by atoms with Crippen molar-refractivity contribution in [2.75, 3.05) is 20.1 Å². The van der Waals surface area contributed by atoms with Crippen LogP contribution in [0.4, 0.5) is 13.2 Å². The zero-order valence-corrected chi connectivity index (χ0v) is 17.4. The van der Waals surface area contributed by atoms with Crippen molar-refractivity contribution in [1.29, 1.82) is 0 Å². The van der Waals surface area contributed by atoms with Crippen molar-refractivity contribution < 1.29 is 23.0 Å². The van der Waals surface area contributed by atoms with E-state index in [9.17, 15) is 18.3 Å². The second-order valence-corrected chi connectivity index (χ2v) is 8.30. The molecule has 1 N–H and O–H groups in total. The molecule has 164 valence electrons. The van der Waals surface area contributed by atoms with Crippen LogP contribution in [0.25, 0.3) is 5.69 Å². The minimum atomic E-state index is -4.77. The van der Waals surface area contributed by atoms with Gasteiger partial charge in [0.05, 0.1) is 5.69 Å². The molecule has 1 aromatic heterocycles. The Morgan fingerprint density at radius 3 is 2.29 bits per heavy atom. The fourth-order valence-electron chi connectivity index (χ4n) is 4.48. The van der Waals surface area contributed by atoms with Crippen LogP contribution in [0.2, 0.25) is 0 Å². The molecule has 1 aliphatic rings. The number of hydrogen-bond acceptors (Lipinski definition) is 5. The van der Waals surface area contributed by atoms with E-state index in [0.717, 1.165) is 5.69 Å². The van der Waals surface area contributed by atoms with Crippen LogP contribution in [0.3, 0.4) is 0 Å². The molecule has 0 radical (unpaired) electrons. The van der Waals surface area contributed by atoms with Crippen molar-refractivity contribution in [3.63, 3.8) is 0 Å². The van der Waals surface area contributed by atoms with Crippen LogP contribution in [-0.2, 0) is 5.60 Å². The molecule has 0 aliphatic carbocycles. The highest BCUT2D eigenvalue weighted by atomic mass is 19.4. The predicted octanol–water partition coefficient (Wildman–Crippen LogP) is 3.66. The Bertz CT molecular complexity index is 1070. The van der Waals surface area contributed by atoms with Gasteiger partial charge in [0.25, 0.3) is 0 Å². The number of benzene rings is 2. The second-order valence-electron chi connectivity index (χ2n) is 8.30. The normalized spacial score (nSPS) is 18.3. The number of alkyl halides is 3. The van der Waals surface area contributed by atoms with Gasteiger partial charge in [-0.15, -0.1) is 13.2 Å². The molecular weight excluding hydrogens is 409 g/mol. The summed E-state index contributed by atoms with van der Waals surface area (Å²) in [5.41, 5.74) is -0.153. The van der Waals surface area contributed by atoms with Gasteiger partial charge in [-0.1, -0.05) is 31.2 Å². The third-order valence-corrected chi connectivity index (χ3v) is 5.75. The Morgan fingerprint density at radius 2 is 1.74 bits per heavy atom. The first-order valence-corrected chi connectivity index (χ1v) is 9.77. The molecule has 31 heavy (non-hydrogen) atoms. The molecule has 1 aliphatic heterocycles. The summed E-state index contributed by atoms with van der Waals surface area (Å²) in [5, 5.41) is 16.4.